The van der Waals surface area contributed by atoms with Crippen molar-refractivity contribution in [2.75, 3.05) is 20.3 Å². The number of allylic oxidation sites excluding steroid dienone is 2. The average molecular weight is 429 g/mol. The van der Waals surface area contributed by atoms with Crippen LogP contribution in [0.2, 0.25) is 0 Å². The van der Waals surface area contributed by atoms with Gasteiger partial charge >= 0.3 is 11.9 Å². The van der Waals surface area contributed by atoms with E-state index in [1.165, 1.54) is 7.11 Å². The third-order valence-electron chi connectivity index (χ3n) is 5.24. The molecule has 0 fully saturated rings. The predicted octanol–water partition coefficient (Wildman–Crippen LogP) is 2.73. The number of Topliss-reactive ketones (excluding diaryl/α,β-unsaturated/α-hetero) is 1. The van der Waals surface area contributed by atoms with Gasteiger partial charge in [0, 0.05) is 24.0 Å². The van der Waals surface area contributed by atoms with Gasteiger partial charge in [0.2, 0.25) is 5.88 Å². The molecule has 0 spiro atoms. The average Bonchev–Trinajstić information content (AvgIpc) is 2.70. The number of esters is 2. The number of ether oxygens (including phenoxy) is 4. The van der Waals surface area contributed by atoms with E-state index in [0.717, 1.165) is 0 Å². The molecule has 8 nitrogen and oxygen atoms in total. The molecule has 3 rings (SSSR count). The molecule has 1 aromatic carbocycles. The maximum atomic E-state index is 13.2. The van der Waals surface area contributed by atoms with E-state index in [4.69, 9.17) is 24.7 Å². The molecule has 1 aromatic rings. The zero-order valence-electron chi connectivity index (χ0n) is 18.2. The van der Waals surface area contributed by atoms with Crippen LogP contribution in [-0.4, -0.2) is 38.0 Å². The number of benzene rings is 1. The van der Waals surface area contributed by atoms with E-state index in [-0.39, 0.29) is 35.9 Å². The minimum atomic E-state index is -0.835. The van der Waals surface area contributed by atoms with Gasteiger partial charge in [-0.3, -0.25) is 4.79 Å². The minimum Gasteiger partial charge on any atom is -0.482 e. The van der Waals surface area contributed by atoms with E-state index >= 15 is 0 Å². The summed E-state index contributed by atoms with van der Waals surface area (Å²) >= 11 is 0. The summed E-state index contributed by atoms with van der Waals surface area (Å²) in [7, 11) is 1.23. The van der Waals surface area contributed by atoms with Crippen molar-refractivity contribution in [2.24, 2.45) is 11.1 Å². The summed E-state index contributed by atoms with van der Waals surface area (Å²) in [5.74, 6) is -1.53. The largest absolute Gasteiger partial charge is 0.482 e. The van der Waals surface area contributed by atoms with Crippen LogP contribution in [0.25, 0.3) is 0 Å². The Hall–Kier alpha value is -3.29. The van der Waals surface area contributed by atoms with Crippen LogP contribution in [0.5, 0.6) is 5.75 Å². The van der Waals surface area contributed by atoms with Gasteiger partial charge in [0.05, 0.1) is 19.6 Å². The summed E-state index contributed by atoms with van der Waals surface area (Å²) in [6.45, 7) is 5.57. The fourth-order valence-electron chi connectivity index (χ4n) is 3.99. The Balaban J connectivity index is 2.12. The molecule has 1 aliphatic heterocycles. The first-order chi connectivity index (χ1) is 14.7. The molecular formula is C23H27NO7. The summed E-state index contributed by atoms with van der Waals surface area (Å²) < 4.78 is 21.3. The fraction of sp³-hybridized carbons (Fsp3) is 0.435. The number of carbonyl (C=O) groups is 3. The van der Waals surface area contributed by atoms with Gasteiger partial charge in [-0.25, -0.2) is 9.59 Å². The quantitative estimate of drug-likeness (QED) is 0.687. The Morgan fingerprint density at radius 2 is 1.94 bits per heavy atom. The monoisotopic (exact) mass is 429 g/mol. The van der Waals surface area contributed by atoms with Crippen LogP contribution in [0.1, 0.15) is 45.1 Å². The maximum Gasteiger partial charge on any atom is 0.344 e. The van der Waals surface area contributed by atoms with Gasteiger partial charge in [-0.2, -0.15) is 0 Å². The standard InChI is InChI=1S/C23H27NO7/c1-5-29-17(26)12-30-15-9-7-6-8-13(15)18-19-14(25)10-23(2,3)11-16(19)31-21(24)20(18)22(27)28-4/h6-9,18H,5,10-12,24H2,1-4H3. The van der Waals surface area contributed by atoms with Gasteiger partial charge in [-0.15, -0.1) is 0 Å². The molecular weight excluding hydrogens is 402 g/mol. The SMILES string of the molecule is CCOC(=O)COc1ccccc1C1C(C(=O)OC)=C(N)OC2=C1C(=O)CC(C)(C)C2. The van der Waals surface area contributed by atoms with Crippen LogP contribution < -0.4 is 10.5 Å². The van der Waals surface area contributed by atoms with Crippen LogP contribution in [0, 0.1) is 5.41 Å². The highest BCUT2D eigenvalue weighted by molar-refractivity contribution is 6.03. The van der Waals surface area contributed by atoms with Crippen LogP contribution >= 0.6 is 0 Å². The Labute approximate surface area is 181 Å². The summed E-state index contributed by atoms with van der Waals surface area (Å²) in [6, 6.07) is 6.87. The molecule has 0 saturated heterocycles. The third-order valence-corrected chi connectivity index (χ3v) is 5.24. The third kappa shape index (κ3) is 4.57. The summed E-state index contributed by atoms with van der Waals surface area (Å²) in [5.41, 5.74) is 6.73. The van der Waals surface area contributed by atoms with Gasteiger partial charge in [-0.1, -0.05) is 32.0 Å². The number of carbonyl (C=O) groups excluding carboxylic acids is 3. The normalized spacial score (nSPS) is 20.0. The number of nitrogens with two attached hydrogens (primary N) is 1. The van der Waals surface area contributed by atoms with Gasteiger partial charge in [0.25, 0.3) is 0 Å². The Kier molecular flexibility index (Phi) is 6.38. The lowest BCUT2D eigenvalue weighted by Gasteiger charge is -2.38. The summed E-state index contributed by atoms with van der Waals surface area (Å²) in [6.07, 6.45) is 0.789. The van der Waals surface area contributed by atoms with Crippen LogP contribution in [0.4, 0.5) is 0 Å². The molecule has 0 bridgehead atoms. The summed E-state index contributed by atoms with van der Waals surface area (Å²) in [5, 5.41) is 0. The maximum absolute atomic E-state index is 13.2. The molecule has 2 N–H and O–H groups in total. The lowest BCUT2D eigenvalue weighted by atomic mass is 9.70. The fourth-order valence-corrected chi connectivity index (χ4v) is 3.99. The van der Waals surface area contributed by atoms with Crippen molar-refractivity contribution in [3.05, 3.63) is 52.6 Å². The molecule has 0 amide bonds. The molecule has 0 aromatic heterocycles. The lowest BCUT2D eigenvalue weighted by Crippen LogP contribution is -2.35. The zero-order valence-corrected chi connectivity index (χ0v) is 18.2. The van der Waals surface area contributed by atoms with Crippen molar-refractivity contribution in [2.45, 2.75) is 39.5 Å². The topological polar surface area (TPSA) is 114 Å². The first kappa shape index (κ1) is 22.4. The first-order valence-corrected chi connectivity index (χ1v) is 10.1. The smallest absolute Gasteiger partial charge is 0.344 e. The van der Waals surface area contributed by atoms with Gasteiger partial charge < -0.3 is 24.7 Å². The summed E-state index contributed by atoms with van der Waals surface area (Å²) in [4.78, 5) is 37.6. The second-order valence-electron chi connectivity index (χ2n) is 8.21. The number of para-hydroxylation sites is 1. The molecule has 8 heteroatoms. The highest BCUT2D eigenvalue weighted by Crippen LogP contribution is 2.49. The molecule has 1 aliphatic carbocycles. The number of rotatable bonds is 6. The molecule has 1 heterocycles. The van der Waals surface area contributed by atoms with Crippen molar-refractivity contribution < 1.29 is 33.3 Å². The van der Waals surface area contributed by atoms with Crippen molar-refractivity contribution in [1.82, 2.24) is 0 Å². The van der Waals surface area contributed by atoms with E-state index in [1.54, 1.807) is 31.2 Å². The molecule has 1 atom stereocenters. The second kappa shape index (κ2) is 8.83. The Morgan fingerprint density at radius 1 is 1.23 bits per heavy atom. The Bertz CT molecular complexity index is 974. The predicted molar refractivity (Wildman–Crippen MR) is 111 cm³/mol. The molecule has 0 radical (unpaired) electrons. The van der Waals surface area contributed by atoms with Crippen molar-refractivity contribution >= 4 is 17.7 Å². The van der Waals surface area contributed by atoms with E-state index in [1.807, 2.05) is 13.8 Å². The van der Waals surface area contributed by atoms with E-state index in [2.05, 4.69) is 0 Å². The highest BCUT2D eigenvalue weighted by Gasteiger charge is 2.45. The molecule has 1 unspecified atom stereocenters. The highest BCUT2D eigenvalue weighted by atomic mass is 16.6. The van der Waals surface area contributed by atoms with Crippen molar-refractivity contribution in [3.63, 3.8) is 0 Å². The lowest BCUT2D eigenvalue weighted by molar-refractivity contribution is -0.145. The number of ketones is 1. The van der Waals surface area contributed by atoms with Crippen LogP contribution in [0.3, 0.4) is 0 Å². The van der Waals surface area contributed by atoms with Crippen molar-refractivity contribution in [1.29, 1.82) is 0 Å². The second-order valence-corrected chi connectivity index (χ2v) is 8.21. The number of methoxy groups -OCH3 is 1. The number of hydrogen-bond acceptors (Lipinski definition) is 8. The van der Waals surface area contributed by atoms with E-state index < -0.39 is 17.9 Å². The van der Waals surface area contributed by atoms with Crippen LogP contribution in [-0.2, 0) is 28.6 Å². The molecule has 2 aliphatic rings. The molecule has 0 saturated carbocycles. The number of hydrogen-bond donors (Lipinski definition) is 1. The molecule has 31 heavy (non-hydrogen) atoms. The van der Waals surface area contributed by atoms with Gasteiger partial charge in [0.15, 0.2) is 12.4 Å². The molecule has 166 valence electrons. The Morgan fingerprint density at radius 3 is 2.61 bits per heavy atom. The zero-order chi connectivity index (χ0) is 22.8. The van der Waals surface area contributed by atoms with E-state index in [0.29, 0.717) is 35.5 Å². The first-order valence-electron chi connectivity index (χ1n) is 10.1. The van der Waals surface area contributed by atoms with Gasteiger partial charge in [0.1, 0.15) is 17.1 Å². The van der Waals surface area contributed by atoms with Crippen molar-refractivity contribution in [3.8, 4) is 5.75 Å². The minimum absolute atomic E-state index is 0.0292. The van der Waals surface area contributed by atoms with Gasteiger partial charge in [-0.05, 0) is 18.4 Å². The van der Waals surface area contributed by atoms with E-state index in [9.17, 15) is 14.4 Å². The van der Waals surface area contributed by atoms with Crippen LogP contribution in [0.15, 0.2) is 47.1 Å².